The molecular formula is C11H15ClN2O2S. The van der Waals surface area contributed by atoms with E-state index in [4.69, 9.17) is 11.6 Å². The van der Waals surface area contributed by atoms with Crippen molar-refractivity contribution >= 4 is 21.4 Å². The number of pyridine rings is 1. The molecule has 0 aliphatic carbocycles. The molecule has 2 rings (SSSR count). The van der Waals surface area contributed by atoms with E-state index in [1.54, 1.807) is 6.07 Å². The van der Waals surface area contributed by atoms with E-state index in [1.165, 1.54) is 0 Å². The van der Waals surface area contributed by atoms with Crippen molar-refractivity contribution < 1.29 is 8.42 Å². The number of aromatic nitrogens is 1. The lowest BCUT2D eigenvalue weighted by Crippen LogP contribution is -2.32. The lowest BCUT2D eigenvalue weighted by atomic mass is 10.2. The first-order valence-corrected chi connectivity index (χ1v) is 7.68. The molecule has 94 valence electrons. The van der Waals surface area contributed by atoms with Crippen LogP contribution >= 0.6 is 11.6 Å². The van der Waals surface area contributed by atoms with Crippen molar-refractivity contribution in [3.05, 3.63) is 29.0 Å². The predicted molar refractivity (Wildman–Crippen MR) is 67.8 cm³/mol. The molecule has 0 amide bonds. The smallest absolute Gasteiger partial charge is 0.151 e. The molecule has 1 saturated heterocycles. The van der Waals surface area contributed by atoms with Gasteiger partial charge in [0.2, 0.25) is 0 Å². The molecule has 0 radical (unpaired) electrons. The van der Waals surface area contributed by atoms with Crippen LogP contribution in [-0.4, -0.2) is 42.9 Å². The summed E-state index contributed by atoms with van der Waals surface area (Å²) in [6.45, 7) is 0.626. The van der Waals surface area contributed by atoms with Crippen LogP contribution in [0.15, 0.2) is 18.2 Å². The third kappa shape index (κ3) is 3.40. The number of hydrogen-bond acceptors (Lipinski definition) is 4. The fraction of sp³-hybridized carbons (Fsp3) is 0.545. The molecule has 1 aromatic heterocycles. The standard InChI is InChI=1S/C11H15ClN2O2S/c1-14(10-5-6-17(15,16)8-10)7-9-3-2-4-11(12)13-9/h2-4,10H,5-8H2,1H3. The summed E-state index contributed by atoms with van der Waals surface area (Å²) in [6.07, 6.45) is 0.708. The van der Waals surface area contributed by atoms with Gasteiger partial charge in [0.15, 0.2) is 9.84 Å². The van der Waals surface area contributed by atoms with E-state index in [0.29, 0.717) is 23.9 Å². The monoisotopic (exact) mass is 274 g/mol. The van der Waals surface area contributed by atoms with Gasteiger partial charge >= 0.3 is 0 Å². The SMILES string of the molecule is CN(Cc1cccc(Cl)n1)C1CCS(=O)(=O)C1. The Morgan fingerprint density at radius 3 is 2.88 bits per heavy atom. The van der Waals surface area contributed by atoms with Gasteiger partial charge in [-0.15, -0.1) is 0 Å². The quantitative estimate of drug-likeness (QED) is 0.781. The molecule has 0 saturated carbocycles. The summed E-state index contributed by atoms with van der Waals surface area (Å²) in [7, 11) is -0.904. The van der Waals surface area contributed by atoms with Crippen LogP contribution in [0.4, 0.5) is 0 Å². The highest BCUT2D eigenvalue weighted by molar-refractivity contribution is 7.91. The van der Waals surface area contributed by atoms with Crippen LogP contribution in [0, 0.1) is 0 Å². The van der Waals surface area contributed by atoms with Crippen molar-refractivity contribution in [2.75, 3.05) is 18.6 Å². The Hall–Kier alpha value is -0.650. The minimum Gasteiger partial charge on any atom is -0.297 e. The van der Waals surface area contributed by atoms with Crippen LogP contribution in [-0.2, 0) is 16.4 Å². The summed E-state index contributed by atoms with van der Waals surface area (Å²) in [4.78, 5) is 6.23. The average molecular weight is 275 g/mol. The number of sulfone groups is 1. The Morgan fingerprint density at radius 2 is 2.29 bits per heavy atom. The number of halogens is 1. The van der Waals surface area contributed by atoms with Crippen LogP contribution < -0.4 is 0 Å². The maximum atomic E-state index is 11.4. The molecule has 4 nitrogen and oxygen atoms in total. The lowest BCUT2D eigenvalue weighted by molar-refractivity contribution is 0.251. The third-order valence-electron chi connectivity index (χ3n) is 3.02. The fourth-order valence-corrected chi connectivity index (χ4v) is 4.03. The van der Waals surface area contributed by atoms with Crippen molar-refractivity contribution in [1.82, 2.24) is 9.88 Å². The van der Waals surface area contributed by atoms with Crippen molar-refractivity contribution in [3.63, 3.8) is 0 Å². The number of hydrogen-bond donors (Lipinski definition) is 0. The molecule has 1 aliphatic rings. The molecule has 0 bridgehead atoms. The Morgan fingerprint density at radius 1 is 1.53 bits per heavy atom. The van der Waals surface area contributed by atoms with Crippen LogP contribution in [0.25, 0.3) is 0 Å². The highest BCUT2D eigenvalue weighted by atomic mass is 35.5. The van der Waals surface area contributed by atoms with E-state index < -0.39 is 9.84 Å². The van der Waals surface area contributed by atoms with Crippen LogP contribution in [0.2, 0.25) is 5.15 Å². The molecule has 1 fully saturated rings. The van der Waals surface area contributed by atoms with Gasteiger partial charge < -0.3 is 0 Å². The van der Waals surface area contributed by atoms with Gasteiger partial charge in [-0.25, -0.2) is 13.4 Å². The second-order valence-electron chi connectivity index (χ2n) is 4.42. The molecule has 1 atom stereocenters. The molecule has 0 N–H and O–H groups in total. The van der Waals surface area contributed by atoms with Gasteiger partial charge in [0.1, 0.15) is 5.15 Å². The highest BCUT2D eigenvalue weighted by Gasteiger charge is 2.30. The molecule has 1 aliphatic heterocycles. The maximum absolute atomic E-state index is 11.4. The Bertz CT molecular complexity index is 504. The topological polar surface area (TPSA) is 50.3 Å². The first kappa shape index (κ1) is 12.8. The summed E-state index contributed by atoms with van der Waals surface area (Å²) in [5.74, 6) is 0.551. The number of nitrogens with zero attached hydrogens (tertiary/aromatic N) is 2. The fourth-order valence-electron chi connectivity index (χ4n) is 2.05. The predicted octanol–water partition coefficient (Wildman–Crippen LogP) is 1.35. The van der Waals surface area contributed by atoms with Crippen LogP contribution in [0.3, 0.4) is 0 Å². The molecule has 17 heavy (non-hydrogen) atoms. The van der Waals surface area contributed by atoms with E-state index in [-0.39, 0.29) is 11.8 Å². The zero-order valence-corrected chi connectivity index (χ0v) is 11.2. The highest BCUT2D eigenvalue weighted by Crippen LogP contribution is 2.18. The third-order valence-corrected chi connectivity index (χ3v) is 4.98. The van der Waals surface area contributed by atoms with Gasteiger partial charge in [0, 0.05) is 12.6 Å². The average Bonchev–Trinajstić information content (AvgIpc) is 2.59. The lowest BCUT2D eigenvalue weighted by Gasteiger charge is -2.22. The largest absolute Gasteiger partial charge is 0.297 e. The molecule has 1 aromatic rings. The Labute approximate surface area is 107 Å². The second kappa shape index (κ2) is 4.92. The summed E-state index contributed by atoms with van der Waals surface area (Å²) < 4.78 is 22.8. The minimum absolute atomic E-state index is 0.0979. The molecule has 6 heteroatoms. The second-order valence-corrected chi connectivity index (χ2v) is 7.04. The summed E-state index contributed by atoms with van der Waals surface area (Å²) >= 11 is 5.81. The molecule has 0 aromatic carbocycles. The van der Waals surface area contributed by atoms with E-state index >= 15 is 0 Å². The summed E-state index contributed by atoms with van der Waals surface area (Å²) in [5.41, 5.74) is 0.865. The van der Waals surface area contributed by atoms with Crippen molar-refractivity contribution in [2.45, 2.75) is 19.0 Å². The van der Waals surface area contributed by atoms with Gasteiger partial charge in [-0.1, -0.05) is 17.7 Å². The van der Waals surface area contributed by atoms with Gasteiger partial charge in [-0.2, -0.15) is 0 Å². The van der Waals surface area contributed by atoms with Gasteiger partial charge in [0.25, 0.3) is 0 Å². The van der Waals surface area contributed by atoms with Crippen molar-refractivity contribution in [3.8, 4) is 0 Å². The van der Waals surface area contributed by atoms with E-state index in [9.17, 15) is 8.42 Å². The minimum atomic E-state index is -2.83. The molecule has 1 unspecified atom stereocenters. The first-order valence-electron chi connectivity index (χ1n) is 5.48. The van der Waals surface area contributed by atoms with Gasteiger partial charge in [-0.3, -0.25) is 4.90 Å². The van der Waals surface area contributed by atoms with Crippen LogP contribution in [0.5, 0.6) is 0 Å². The van der Waals surface area contributed by atoms with Gasteiger partial charge in [0.05, 0.1) is 17.2 Å². The van der Waals surface area contributed by atoms with Gasteiger partial charge in [-0.05, 0) is 25.6 Å². The Balaban J connectivity index is 2.00. The summed E-state index contributed by atoms with van der Waals surface area (Å²) in [5, 5.41) is 0.468. The molecular weight excluding hydrogens is 260 g/mol. The van der Waals surface area contributed by atoms with E-state index in [1.807, 2.05) is 24.1 Å². The van der Waals surface area contributed by atoms with E-state index in [0.717, 1.165) is 5.69 Å². The van der Waals surface area contributed by atoms with E-state index in [2.05, 4.69) is 4.98 Å². The van der Waals surface area contributed by atoms with Crippen LogP contribution in [0.1, 0.15) is 12.1 Å². The maximum Gasteiger partial charge on any atom is 0.151 e. The van der Waals surface area contributed by atoms with Crippen molar-refractivity contribution in [2.24, 2.45) is 0 Å². The molecule has 0 spiro atoms. The number of rotatable bonds is 3. The Kier molecular flexibility index (Phi) is 3.70. The normalized spacial score (nSPS) is 23.1. The zero-order chi connectivity index (χ0) is 12.5. The molecule has 2 heterocycles. The summed E-state index contributed by atoms with van der Waals surface area (Å²) in [6, 6.07) is 5.57. The zero-order valence-electron chi connectivity index (χ0n) is 9.63. The first-order chi connectivity index (χ1) is 7.96. The van der Waals surface area contributed by atoms with Crippen molar-refractivity contribution in [1.29, 1.82) is 0 Å².